The van der Waals surface area contributed by atoms with E-state index in [0.717, 1.165) is 18.4 Å². The first kappa shape index (κ1) is 11.0. The number of rotatable bonds is 5. The zero-order chi connectivity index (χ0) is 9.52. The number of hydrogen-bond donors (Lipinski definition) is 2. The highest BCUT2D eigenvalue weighted by Gasteiger charge is 2.19. The SMILES string of the molecule is CCNC[C@H]1CC[C@H](CNC)CC1. The normalized spacial score (nSPS) is 29.1. The predicted molar refractivity (Wildman–Crippen MR) is 57.9 cm³/mol. The van der Waals surface area contributed by atoms with E-state index in [9.17, 15) is 0 Å². The van der Waals surface area contributed by atoms with Crippen LogP contribution in [0.3, 0.4) is 0 Å². The molecule has 0 aromatic rings. The first-order chi connectivity index (χ1) is 6.36. The Kier molecular flexibility index (Phi) is 5.40. The fourth-order valence-corrected chi connectivity index (χ4v) is 2.28. The molecule has 2 nitrogen and oxygen atoms in total. The third kappa shape index (κ3) is 4.10. The van der Waals surface area contributed by atoms with Gasteiger partial charge in [-0.3, -0.25) is 0 Å². The molecule has 0 amide bonds. The van der Waals surface area contributed by atoms with Gasteiger partial charge in [0.05, 0.1) is 0 Å². The Morgan fingerprint density at radius 3 is 2.00 bits per heavy atom. The van der Waals surface area contributed by atoms with Crippen LogP contribution in [0.4, 0.5) is 0 Å². The van der Waals surface area contributed by atoms with Gasteiger partial charge < -0.3 is 10.6 Å². The summed E-state index contributed by atoms with van der Waals surface area (Å²) in [4.78, 5) is 0. The van der Waals surface area contributed by atoms with Crippen molar-refractivity contribution in [3.8, 4) is 0 Å². The Hall–Kier alpha value is -0.0800. The van der Waals surface area contributed by atoms with E-state index in [0.29, 0.717) is 0 Å². The smallest absolute Gasteiger partial charge is 0.00206 e. The minimum atomic E-state index is 0.947. The van der Waals surface area contributed by atoms with Gasteiger partial charge in [-0.1, -0.05) is 6.92 Å². The van der Waals surface area contributed by atoms with Crippen LogP contribution in [0.2, 0.25) is 0 Å². The minimum absolute atomic E-state index is 0.947. The van der Waals surface area contributed by atoms with Gasteiger partial charge in [-0.25, -0.2) is 0 Å². The van der Waals surface area contributed by atoms with Crippen molar-refractivity contribution in [2.24, 2.45) is 11.8 Å². The molecule has 0 bridgehead atoms. The molecular weight excluding hydrogens is 160 g/mol. The lowest BCUT2D eigenvalue weighted by Gasteiger charge is -2.28. The van der Waals surface area contributed by atoms with E-state index in [-0.39, 0.29) is 0 Å². The average Bonchev–Trinajstić information content (AvgIpc) is 2.17. The van der Waals surface area contributed by atoms with Crippen LogP contribution in [0.5, 0.6) is 0 Å². The summed E-state index contributed by atoms with van der Waals surface area (Å²) in [6, 6.07) is 0. The molecule has 1 fully saturated rings. The van der Waals surface area contributed by atoms with Gasteiger partial charge >= 0.3 is 0 Å². The minimum Gasteiger partial charge on any atom is -0.319 e. The maximum atomic E-state index is 3.45. The number of nitrogens with one attached hydrogen (secondary N) is 2. The van der Waals surface area contributed by atoms with Gasteiger partial charge in [0.15, 0.2) is 0 Å². The van der Waals surface area contributed by atoms with Crippen LogP contribution in [-0.4, -0.2) is 26.7 Å². The number of hydrogen-bond acceptors (Lipinski definition) is 2. The highest BCUT2D eigenvalue weighted by molar-refractivity contribution is 4.74. The standard InChI is InChI=1S/C11H24N2/c1-3-13-9-11-6-4-10(5-7-11)8-12-2/h10-13H,3-9H2,1-2H3/t10-,11-. The third-order valence-electron chi connectivity index (χ3n) is 3.14. The van der Waals surface area contributed by atoms with Crippen molar-refractivity contribution in [3.63, 3.8) is 0 Å². The van der Waals surface area contributed by atoms with E-state index in [1.807, 2.05) is 0 Å². The molecule has 0 radical (unpaired) electrons. The molecule has 1 aliphatic rings. The van der Waals surface area contributed by atoms with Crippen LogP contribution in [0.25, 0.3) is 0 Å². The van der Waals surface area contributed by atoms with Gasteiger partial charge in [0.1, 0.15) is 0 Å². The van der Waals surface area contributed by atoms with Crippen molar-refractivity contribution >= 4 is 0 Å². The van der Waals surface area contributed by atoms with Gasteiger partial charge in [-0.05, 0) is 64.2 Å². The molecular formula is C11H24N2. The van der Waals surface area contributed by atoms with Crippen LogP contribution in [-0.2, 0) is 0 Å². The van der Waals surface area contributed by atoms with Crippen LogP contribution in [0.15, 0.2) is 0 Å². The summed E-state index contributed by atoms with van der Waals surface area (Å²) in [6.07, 6.45) is 5.71. The van der Waals surface area contributed by atoms with Crippen LogP contribution >= 0.6 is 0 Å². The average molecular weight is 184 g/mol. The highest BCUT2D eigenvalue weighted by Crippen LogP contribution is 2.27. The second-order valence-corrected chi connectivity index (χ2v) is 4.25. The lowest BCUT2D eigenvalue weighted by Crippen LogP contribution is -2.29. The van der Waals surface area contributed by atoms with Crippen molar-refractivity contribution in [3.05, 3.63) is 0 Å². The molecule has 0 aromatic heterocycles. The maximum absolute atomic E-state index is 3.45. The van der Waals surface area contributed by atoms with Gasteiger partial charge in [0, 0.05) is 0 Å². The zero-order valence-corrected chi connectivity index (χ0v) is 9.10. The monoisotopic (exact) mass is 184 g/mol. The van der Waals surface area contributed by atoms with Gasteiger partial charge in [-0.2, -0.15) is 0 Å². The Bertz CT molecular complexity index is 117. The maximum Gasteiger partial charge on any atom is -0.00206 e. The lowest BCUT2D eigenvalue weighted by molar-refractivity contribution is 0.265. The summed E-state index contributed by atoms with van der Waals surface area (Å²) in [6.45, 7) is 5.76. The molecule has 0 aliphatic heterocycles. The summed E-state index contributed by atoms with van der Waals surface area (Å²) in [5.41, 5.74) is 0. The van der Waals surface area contributed by atoms with Gasteiger partial charge in [0.25, 0.3) is 0 Å². The molecule has 1 aliphatic carbocycles. The predicted octanol–water partition coefficient (Wildman–Crippen LogP) is 1.62. The summed E-state index contributed by atoms with van der Waals surface area (Å²) in [5.74, 6) is 1.90. The van der Waals surface area contributed by atoms with E-state index >= 15 is 0 Å². The molecule has 2 N–H and O–H groups in total. The first-order valence-electron chi connectivity index (χ1n) is 5.72. The van der Waals surface area contributed by atoms with Crippen molar-refractivity contribution in [1.82, 2.24) is 10.6 Å². The molecule has 0 heterocycles. The molecule has 0 atom stereocenters. The second-order valence-electron chi connectivity index (χ2n) is 4.25. The molecule has 13 heavy (non-hydrogen) atoms. The molecule has 0 saturated heterocycles. The van der Waals surface area contributed by atoms with E-state index in [2.05, 4.69) is 24.6 Å². The van der Waals surface area contributed by atoms with Crippen LogP contribution in [0.1, 0.15) is 32.6 Å². The molecule has 2 heteroatoms. The largest absolute Gasteiger partial charge is 0.319 e. The molecule has 0 unspecified atom stereocenters. The molecule has 0 spiro atoms. The Balaban J connectivity index is 2.08. The third-order valence-corrected chi connectivity index (χ3v) is 3.14. The molecule has 0 aromatic carbocycles. The van der Waals surface area contributed by atoms with Gasteiger partial charge in [-0.15, -0.1) is 0 Å². The second kappa shape index (κ2) is 6.39. The van der Waals surface area contributed by atoms with Crippen molar-refractivity contribution in [1.29, 1.82) is 0 Å². The van der Waals surface area contributed by atoms with E-state index in [1.165, 1.54) is 38.8 Å². The first-order valence-corrected chi connectivity index (χ1v) is 5.72. The molecule has 1 rings (SSSR count). The van der Waals surface area contributed by atoms with Crippen molar-refractivity contribution < 1.29 is 0 Å². The van der Waals surface area contributed by atoms with Crippen molar-refractivity contribution in [2.75, 3.05) is 26.7 Å². The highest BCUT2D eigenvalue weighted by atomic mass is 14.8. The van der Waals surface area contributed by atoms with Crippen molar-refractivity contribution in [2.45, 2.75) is 32.6 Å². The fourth-order valence-electron chi connectivity index (χ4n) is 2.28. The summed E-state index contributed by atoms with van der Waals surface area (Å²) in [5, 5.41) is 6.73. The Morgan fingerprint density at radius 1 is 1.00 bits per heavy atom. The quantitative estimate of drug-likeness (QED) is 0.678. The van der Waals surface area contributed by atoms with Crippen LogP contribution in [0, 0.1) is 11.8 Å². The van der Waals surface area contributed by atoms with E-state index < -0.39 is 0 Å². The summed E-state index contributed by atoms with van der Waals surface area (Å²) in [7, 11) is 2.06. The molecule has 1 saturated carbocycles. The molecule has 78 valence electrons. The lowest BCUT2D eigenvalue weighted by atomic mass is 9.82. The summed E-state index contributed by atoms with van der Waals surface area (Å²) >= 11 is 0. The van der Waals surface area contributed by atoms with Gasteiger partial charge in [0.2, 0.25) is 0 Å². The van der Waals surface area contributed by atoms with Crippen LogP contribution < -0.4 is 10.6 Å². The fraction of sp³-hybridized carbons (Fsp3) is 1.00. The Labute approximate surface area is 82.5 Å². The summed E-state index contributed by atoms with van der Waals surface area (Å²) < 4.78 is 0. The Morgan fingerprint density at radius 2 is 1.54 bits per heavy atom. The zero-order valence-electron chi connectivity index (χ0n) is 9.10. The van der Waals surface area contributed by atoms with E-state index in [4.69, 9.17) is 0 Å². The van der Waals surface area contributed by atoms with E-state index in [1.54, 1.807) is 0 Å². The topological polar surface area (TPSA) is 24.1 Å².